The molecule has 0 heterocycles. The molecule has 21 heavy (non-hydrogen) atoms. The van der Waals surface area contributed by atoms with Crippen molar-refractivity contribution in [2.24, 2.45) is 0 Å². The molecule has 6 heteroatoms. The van der Waals surface area contributed by atoms with E-state index in [1.54, 1.807) is 7.11 Å². The van der Waals surface area contributed by atoms with Crippen LogP contribution in [0.4, 0.5) is 5.69 Å². The lowest BCUT2D eigenvalue weighted by atomic mass is 10.1. The zero-order chi connectivity index (χ0) is 15.5. The van der Waals surface area contributed by atoms with Gasteiger partial charge in [-0.3, -0.25) is 9.59 Å². The van der Waals surface area contributed by atoms with Crippen LogP contribution in [0.15, 0.2) is 24.3 Å². The highest BCUT2D eigenvalue weighted by atomic mass is 16.5. The van der Waals surface area contributed by atoms with Gasteiger partial charge in [0, 0.05) is 45.8 Å². The lowest BCUT2D eigenvalue weighted by molar-refractivity contribution is -0.121. The Morgan fingerprint density at radius 3 is 2.67 bits per heavy atom. The number of benzene rings is 1. The molecule has 1 aromatic carbocycles. The van der Waals surface area contributed by atoms with Gasteiger partial charge in [-0.05, 0) is 11.6 Å². The van der Waals surface area contributed by atoms with Crippen molar-refractivity contribution in [2.75, 3.05) is 32.1 Å². The lowest BCUT2D eigenvalue weighted by Gasteiger charge is -2.11. The van der Waals surface area contributed by atoms with Crippen LogP contribution in [0.2, 0.25) is 0 Å². The highest BCUT2D eigenvalue weighted by Gasteiger charge is 2.04. The molecule has 0 saturated carbocycles. The van der Waals surface area contributed by atoms with Crippen molar-refractivity contribution in [2.45, 2.75) is 19.9 Å². The van der Waals surface area contributed by atoms with Gasteiger partial charge in [-0.2, -0.15) is 0 Å². The summed E-state index contributed by atoms with van der Waals surface area (Å²) in [6.07, 6.45) is 0.409. The van der Waals surface area contributed by atoms with E-state index in [1.165, 1.54) is 6.92 Å². The van der Waals surface area contributed by atoms with Crippen LogP contribution in [0.25, 0.3) is 0 Å². The minimum atomic E-state index is -0.0972. The molecule has 1 rings (SSSR count). The summed E-state index contributed by atoms with van der Waals surface area (Å²) in [7, 11) is 1.60. The van der Waals surface area contributed by atoms with Crippen LogP contribution in [0.5, 0.6) is 0 Å². The monoisotopic (exact) mass is 293 g/mol. The smallest absolute Gasteiger partial charge is 0.221 e. The summed E-state index contributed by atoms with van der Waals surface area (Å²) in [5.41, 5.74) is 1.79. The summed E-state index contributed by atoms with van der Waals surface area (Å²) in [5, 5.41) is 8.74. The summed E-state index contributed by atoms with van der Waals surface area (Å²) in [5.74, 6) is -0.102. The Morgan fingerprint density at radius 1 is 1.19 bits per heavy atom. The second-order valence-corrected chi connectivity index (χ2v) is 4.61. The van der Waals surface area contributed by atoms with Gasteiger partial charge < -0.3 is 20.7 Å². The quantitative estimate of drug-likeness (QED) is 0.591. The fraction of sp³-hybridized carbons (Fsp3) is 0.467. The van der Waals surface area contributed by atoms with Crippen LogP contribution in [0.1, 0.15) is 18.9 Å². The van der Waals surface area contributed by atoms with E-state index in [1.807, 2.05) is 24.3 Å². The molecular formula is C15H23N3O3. The van der Waals surface area contributed by atoms with Gasteiger partial charge in [0.15, 0.2) is 0 Å². The Balaban J connectivity index is 2.29. The highest BCUT2D eigenvalue weighted by Crippen LogP contribution is 2.14. The summed E-state index contributed by atoms with van der Waals surface area (Å²) in [4.78, 5) is 22.6. The van der Waals surface area contributed by atoms with Crippen LogP contribution in [-0.2, 0) is 20.9 Å². The van der Waals surface area contributed by atoms with Gasteiger partial charge in [-0.1, -0.05) is 18.2 Å². The largest absolute Gasteiger partial charge is 0.383 e. The van der Waals surface area contributed by atoms with Crippen molar-refractivity contribution < 1.29 is 14.3 Å². The molecule has 1 aromatic rings. The van der Waals surface area contributed by atoms with Gasteiger partial charge in [-0.15, -0.1) is 0 Å². The van der Waals surface area contributed by atoms with E-state index in [2.05, 4.69) is 16.0 Å². The molecule has 0 aromatic heterocycles. The molecule has 0 saturated heterocycles. The second kappa shape index (κ2) is 9.90. The van der Waals surface area contributed by atoms with E-state index in [-0.39, 0.29) is 11.8 Å². The van der Waals surface area contributed by atoms with E-state index in [0.717, 1.165) is 11.3 Å². The Labute approximate surface area is 125 Å². The molecule has 2 amide bonds. The Hall–Kier alpha value is -1.92. The first-order chi connectivity index (χ1) is 10.1. The fourth-order valence-corrected chi connectivity index (χ4v) is 1.79. The normalized spacial score (nSPS) is 10.2. The van der Waals surface area contributed by atoms with Gasteiger partial charge in [0.2, 0.25) is 11.8 Å². The molecule has 6 nitrogen and oxygen atoms in total. The minimum Gasteiger partial charge on any atom is -0.383 e. The van der Waals surface area contributed by atoms with E-state index < -0.39 is 0 Å². The molecule has 0 fully saturated rings. The highest BCUT2D eigenvalue weighted by molar-refractivity contribution is 5.89. The maximum atomic E-state index is 11.5. The van der Waals surface area contributed by atoms with E-state index in [0.29, 0.717) is 32.7 Å². The van der Waals surface area contributed by atoms with Gasteiger partial charge >= 0.3 is 0 Å². The lowest BCUT2D eigenvalue weighted by Crippen LogP contribution is -2.30. The molecule has 0 aliphatic carbocycles. The van der Waals surface area contributed by atoms with Crippen molar-refractivity contribution in [3.8, 4) is 0 Å². The predicted octanol–water partition coefficient (Wildman–Crippen LogP) is 0.887. The molecule has 0 aliphatic rings. The zero-order valence-corrected chi connectivity index (χ0v) is 12.6. The molecular weight excluding hydrogens is 270 g/mol. The predicted molar refractivity (Wildman–Crippen MR) is 82.0 cm³/mol. The summed E-state index contributed by atoms with van der Waals surface area (Å²) < 4.78 is 4.86. The number of hydrogen-bond acceptors (Lipinski definition) is 4. The molecule has 0 aliphatic heterocycles. The molecule has 0 bridgehead atoms. The van der Waals surface area contributed by atoms with Crippen LogP contribution < -0.4 is 16.0 Å². The number of amides is 2. The van der Waals surface area contributed by atoms with E-state index >= 15 is 0 Å². The molecule has 0 atom stereocenters. The van der Waals surface area contributed by atoms with Crippen molar-refractivity contribution in [3.05, 3.63) is 29.8 Å². The molecule has 116 valence electrons. The fourth-order valence-electron chi connectivity index (χ4n) is 1.79. The van der Waals surface area contributed by atoms with E-state index in [9.17, 15) is 9.59 Å². The molecule has 0 radical (unpaired) electrons. The summed E-state index contributed by atoms with van der Waals surface area (Å²) in [6, 6.07) is 7.59. The molecule has 0 unspecified atom stereocenters. The zero-order valence-electron chi connectivity index (χ0n) is 12.6. The average molecular weight is 293 g/mol. The number of hydrogen-bond donors (Lipinski definition) is 3. The maximum absolute atomic E-state index is 11.5. The number of para-hydroxylation sites is 1. The van der Waals surface area contributed by atoms with Crippen LogP contribution >= 0.6 is 0 Å². The standard InChI is InChI=1S/C15H23N3O3/c1-12(19)18-14-6-4-3-5-13(14)11-16-8-7-15(20)17-9-10-21-2/h3-6,16H,7-11H2,1-2H3,(H,17,20)(H,18,19). The van der Waals surface area contributed by atoms with Crippen molar-refractivity contribution in [1.29, 1.82) is 0 Å². The second-order valence-electron chi connectivity index (χ2n) is 4.61. The van der Waals surface area contributed by atoms with Gasteiger partial charge in [-0.25, -0.2) is 0 Å². The number of carbonyl (C=O) groups is 2. The molecule has 0 spiro atoms. The number of methoxy groups -OCH3 is 1. The number of ether oxygens (including phenoxy) is 1. The first-order valence-electron chi connectivity index (χ1n) is 6.95. The summed E-state index contributed by atoms with van der Waals surface area (Å²) >= 11 is 0. The Kier molecular flexibility index (Phi) is 8.08. The number of carbonyl (C=O) groups excluding carboxylic acids is 2. The average Bonchev–Trinajstić information content (AvgIpc) is 2.45. The SMILES string of the molecule is COCCNC(=O)CCNCc1ccccc1NC(C)=O. The first kappa shape index (κ1) is 17.1. The number of nitrogens with one attached hydrogen (secondary N) is 3. The van der Waals surface area contributed by atoms with Gasteiger partial charge in [0.1, 0.15) is 0 Å². The minimum absolute atomic E-state index is 0.00491. The molecule has 3 N–H and O–H groups in total. The topological polar surface area (TPSA) is 79.5 Å². The van der Waals surface area contributed by atoms with Crippen LogP contribution in [-0.4, -0.2) is 38.6 Å². The Bertz CT molecular complexity index is 463. The third-order valence-electron chi connectivity index (χ3n) is 2.80. The van der Waals surface area contributed by atoms with E-state index in [4.69, 9.17) is 4.74 Å². The van der Waals surface area contributed by atoms with Crippen molar-refractivity contribution in [1.82, 2.24) is 10.6 Å². The van der Waals surface area contributed by atoms with Gasteiger partial charge in [0.25, 0.3) is 0 Å². The Morgan fingerprint density at radius 2 is 1.95 bits per heavy atom. The third-order valence-corrected chi connectivity index (χ3v) is 2.80. The van der Waals surface area contributed by atoms with Crippen molar-refractivity contribution in [3.63, 3.8) is 0 Å². The summed E-state index contributed by atoms with van der Waals surface area (Å²) in [6.45, 7) is 3.70. The third kappa shape index (κ3) is 7.43. The van der Waals surface area contributed by atoms with Crippen molar-refractivity contribution >= 4 is 17.5 Å². The number of rotatable bonds is 9. The maximum Gasteiger partial charge on any atom is 0.221 e. The van der Waals surface area contributed by atoms with Gasteiger partial charge in [0.05, 0.1) is 6.61 Å². The number of anilines is 1. The van der Waals surface area contributed by atoms with Crippen LogP contribution in [0.3, 0.4) is 0 Å². The first-order valence-corrected chi connectivity index (χ1v) is 6.95. The van der Waals surface area contributed by atoms with Crippen LogP contribution in [0, 0.1) is 0 Å².